The van der Waals surface area contributed by atoms with Gasteiger partial charge in [-0.3, -0.25) is 13.9 Å². The van der Waals surface area contributed by atoms with E-state index in [0.717, 1.165) is 28.3 Å². The van der Waals surface area contributed by atoms with E-state index in [2.05, 4.69) is 5.32 Å². The second kappa shape index (κ2) is 14.9. The van der Waals surface area contributed by atoms with Crippen LogP contribution >= 0.6 is 11.6 Å². The number of nitrogens with one attached hydrogen (secondary N) is 1. The molecule has 0 unspecified atom stereocenters. The van der Waals surface area contributed by atoms with Gasteiger partial charge in [0, 0.05) is 18.1 Å². The number of carbonyl (C=O) groups excluding carboxylic acids is 2. The maximum Gasteiger partial charge on any atom is 0.264 e. The van der Waals surface area contributed by atoms with Crippen molar-refractivity contribution >= 4 is 39.1 Å². The number of ether oxygens (including phenoxy) is 1. The molecular formula is C31H38ClN3O5S. The fourth-order valence-corrected chi connectivity index (χ4v) is 5.93. The van der Waals surface area contributed by atoms with Crippen LogP contribution in [0.25, 0.3) is 0 Å². The zero-order valence-electron chi connectivity index (χ0n) is 24.0. The smallest absolute Gasteiger partial charge is 0.264 e. The van der Waals surface area contributed by atoms with Gasteiger partial charge >= 0.3 is 0 Å². The summed E-state index contributed by atoms with van der Waals surface area (Å²) in [5, 5.41) is 3.33. The van der Waals surface area contributed by atoms with E-state index < -0.39 is 28.5 Å². The third-order valence-corrected chi connectivity index (χ3v) is 8.74. The molecule has 3 aromatic rings. The number of hydrogen-bond acceptors (Lipinski definition) is 5. The highest BCUT2D eigenvalue weighted by atomic mass is 35.5. The van der Waals surface area contributed by atoms with E-state index >= 15 is 0 Å². The van der Waals surface area contributed by atoms with Crippen LogP contribution in [-0.4, -0.2) is 51.4 Å². The maximum absolute atomic E-state index is 14.1. The highest BCUT2D eigenvalue weighted by Crippen LogP contribution is 2.26. The molecule has 0 aliphatic carbocycles. The van der Waals surface area contributed by atoms with Gasteiger partial charge in [0.25, 0.3) is 10.0 Å². The van der Waals surface area contributed by atoms with Crippen molar-refractivity contribution in [2.24, 2.45) is 0 Å². The minimum absolute atomic E-state index is 0.00209. The van der Waals surface area contributed by atoms with Crippen LogP contribution in [0.3, 0.4) is 0 Å². The number of methoxy groups -OCH3 is 1. The molecule has 41 heavy (non-hydrogen) atoms. The van der Waals surface area contributed by atoms with Crippen molar-refractivity contribution in [1.29, 1.82) is 0 Å². The second-order valence-corrected chi connectivity index (χ2v) is 12.0. The maximum atomic E-state index is 14.1. The normalized spacial score (nSPS) is 11.9. The summed E-state index contributed by atoms with van der Waals surface area (Å²) in [6, 6.07) is 19.2. The molecule has 0 fully saturated rings. The zero-order valence-corrected chi connectivity index (χ0v) is 25.5. The molecule has 1 N–H and O–H groups in total. The fraction of sp³-hybridized carbons (Fsp3) is 0.355. The van der Waals surface area contributed by atoms with Crippen molar-refractivity contribution < 1.29 is 22.7 Å². The number of nitrogens with zero attached hydrogens (tertiary/aromatic N) is 2. The van der Waals surface area contributed by atoms with Crippen LogP contribution < -0.4 is 14.4 Å². The van der Waals surface area contributed by atoms with E-state index in [1.807, 2.05) is 39.0 Å². The van der Waals surface area contributed by atoms with Crippen molar-refractivity contribution in [3.05, 3.63) is 88.9 Å². The average molecular weight is 600 g/mol. The summed E-state index contributed by atoms with van der Waals surface area (Å²) in [6.45, 7) is 5.83. The molecule has 10 heteroatoms. The lowest BCUT2D eigenvalue weighted by Crippen LogP contribution is -2.52. The molecule has 0 aliphatic rings. The Bertz CT molecular complexity index is 1410. The number of aryl methyl sites for hydroxylation is 1. The second-order valence-electron chi connectivity index (χ2n) is 9.74. The van der Waals surface area contributed by atoms with Gasteiger partial charge in [0.1, 0.15) is 18.3 Å². The zero-order chi connectivity index (χ0) is 30.0. The minimum atomic E-state index is -4.16. The third-order valence-electron chi connectivity index (χ3n) is 6.70. The monoisotopic (exact) mass is 599 g/mol. The molecule has 2 amide bonds. The lowest BCUT2D eigenvalue weighted by molar-refractivity contribution is -0.140. The molecule has 220 valence electrons. The first kappa shape index (κ1) is 32.0. The Hall–Kier alpha value is -3.56. The number of carbonyl (C=O) groups is 2. The standard InChI is InChI=1S/C31H38ClN3O5S/c1-5-7-19-33-31(37)29(6-2)34(21-24-11-15-27(40-4)16-12-24)30(36)22-35(26-10-8-9-23(3)20-26)41(38,39)28-17-13-25(32)14-18-28/h8-18,20,29H,5-7,19,21-22H2,1-4H3,(H,33,37)/t29-/m1/s1. The number of rotatable bonds is 14. The summed E-state index contributed by atoms with van der Waals surface area (Å²) in [5.74, 6) is -0.113. The number of anilines is 1. The number of amides is 2. The first-order chi connectivity index (χ1) is 19.6. The lowest BCUT2D eigenvalue weighted by atomic mass is 10.1. The summed E-state index contributed by atoms with van der Waals surface area (Å²) in [7, 11) is -2.59. The van der Waals surface area contributed by atoms with Crippen LogP contribution in [0.15, 0.2) is 77.7 Å². The third kappa shape index (κ3) is 8.47. The lowest BCUT2D eigenvalue weighted by Gasteiger charge is -2.33. The number of hydrogen-bond donors (Lipinski definition) is 1. The molecule has 8 nitrogen and oxygen atoms in total. The van der Waals surface area contributed by atoms with Gasteiger partial charge in [0.15, 0.2) is 0 Å². The Balaban J connectivity index is 2.03. The molecule has 0 saturated carbocycles. The number of sulfonamides is 1. The summed E-state index contributed by atoms with van der Waals surface area (Å²) in [4.78, 5) is 28.8. The summed E-state index contributed by atoms with van der Waals surface area (Å²) >= 11 is 6.01. The van der Waals surface area contributed by atoms with Gasteiger partial charge in [-0.2, -0.15) is 0 Å². The van der Waals surface area contributed by atoms with E-state index in [-0.39, 0.29) is 17.3 Å². The molecule has 0 heterocycles. The van der Waals surface area contributed by atoms with Gasteiger partial charge in [-0.25, -0.2) is 8.42 Å². The quantitative estimate of drug-likeness (QED) is 0.244. The minimum Gasteiger partial charge on any atom is -0.497 e. The molecule has 0 spiro atoms. The average Bonchev–Trinajstić information content (AvgIpc) is 2.96. The SMILES string of the molecule is CCCCNC(=O)[C@@H](CC)N(Cc1ccc(OC)cc1)C(=O)CN(c1cccc(C)c1)S(=O)(=O)c1ccc(Cl)cc1. The van der Waals surface area contributed by atoms with Gasteiger partial charge in [-0.1, -0.05) is 56.1 Å². The van der Waals surface area contributed by atoms with E-state index in [9.17, 15) is 18.0 Å². The molecule has 0 aliphatic heterocycles. The van der Waals surface area contributed by atoms with E-state index in [1.54, 1.807) is 37.4 Å². The van der Waals surface area contributed by atoms with Crippen LogP contribution in [0.4, 0.5) is 5.69 Å². The molecule has 0 bridgehead atoms. The molecule has 0 aromatic heterocycles. The van der Waals surface area contributed by atoms with Gasteiger partial charge in [0.2, 0.25) is 11.8 Å². The van der Waals surface area contributed by atoms with Gasteiger partial charge < -0.3 is 15.0 Å². The summed E-state index contributed by atoms with van der Waals surface area (Å²) < 4.78 is 34.2. The first-order valence-corrected chi connectivity index (χ1v) is 15.5. The molecule has 3 aromatic carbocycles. The van der Waals surface area contributed by atoms with Gasteiger partial charge in [-0.15, -0.1) is 0 Å². The highest BCUT2D eigenvalue weighted by Gasteiger charge is 2.33. The molecule has 0 radical (unpaired) electrons. The van der Waals surface area contributed by atoms with Crippen LogP contribution in [-0.2, 0) is 26.2 Å². The van der Waals surface area contributed by atoms with E-state index in [4.69, 9.17) is 16.3 Å². The predicted octanol–water partition coefficient (Wildman–Crippen LogP) is 5.58. The van der Waals surface area contributed by atoms with Crippen molar-refractivity contribution in [2.75, 3.05) is 24.5 Å². The molecule has 3 rings (SSSR count). The Morgan fingerprint density at radius 2 is 1.68 bits per heavy atom. The Kier molecular flexibility index (Phi) is 11.6. The highest BCUT2D eigenvalue weighted by molar-refractivity contribution is 7.92. The van der Waals surface area contributed by atoms with Crippen molar-refractivity contribution in [1.82, 2.24) is 10.2 Å². The summed E-state index contributed by atoms with van der Waals surface area (Å²) in [6.07, 6.45) is 2.09. The predicted molar refractivity (Wildman–Crippen MR) is 163 cm³/mol. The van der Waals surface area contributed by atoms with Crippen LogP contribution in [0, 0.1) is 6.92 Å². The van der Waals surface area contributed by atoms with Crippen LogP contribution in [0.5, 0.6) is 5.75 Å². The van der Waals surface area contributed by atoms with Crippen molar-refractivity contribution in [2.45, 2.75) is 57.5 Å². The Morgan fingerprint density at radius 1 is 1.00 bits per heavy atom. The topological polar surface area (TPSA) is 96.0 Å². The molecule has 0 saturated heterocycles. The van der Waals surface area contributed by atoms with Gasteiger partial charge in [-0.05, 0) is 79.4 Å². The Morgan fingerprint density at radius 3 is 2.27 bits per heavy atom. The largest absolute Gasteiger partial charge is 0.497 e. The molecule has 1 atom stereocenters. The fourth-order valence-electron chi connectivity index (χ4n) is 4.40. The van der Waals surface area contributed by atoms with Crippen LogP contribution in [0.2, 0.25) is 5.02 Å². The van der Waals surface area contributed by atoms with Crippen molar-refractivity contribution in [3.63, 3.8) is 0 Å². The number of halogens is 1. The molecular weight excluding hydrogens is 562 g/mol. The van der Waals surface area contributed by atoms with Crippen LogP contribution in [0.1, 0.15) is 44.2 Å². The van der Waals surface area contributed by atoms with Gasteiger partial charge in [0.05, 0.1) is 17.7 Å². The van der Waals surface area contributed by atoms with Crippen molar-refractivity contribution in [3.8, 4) is 5.75 Å². The first-order valence-electron chi connectivity index (χ1n) is 13.7. The Labute approximate surface area is 248 Å². The van der Waals surface area contributed by atoms with E-state index in [1.165, 1.54) is 29.2 Å². The number of benzene rings is 3. The van der Waals surface area contributed by atoms with E-state index in [0.29, 0.717) is 29.4 Å². The number of unbranched alkanes of at least 4 members (excludes halogenated alkanes) is 1. The summed E-state index contributed by atoms with van der Waals surface area (Å²) in [5.41, 5.74) is 1.96.